The van der Waals surface area contributed by atoms with Gasteiger partial charge in [-0.2, -0.15) is 0 Å². The van der Waals surface area contributed by atoms with E-state index >= 15 is 0 Å². The van der Waals surface area contributed by atoms with E-state index in [2.05, 4.69) is 17.6 Å². The minimum atomic E-state index is -0.124. The van der Waals surface area contributed by atoms with Gasteiger partial charge in [-0.25, -0.2) is 0 Å². The Morgan fingerprint density at radius 3 is 2.46 bits per heavy atom. The predicted octanol–water partition coefficient (Wildman–Crippen LogP) is 5.66. The zero-order chi connectivity index (χ0) is 18.8. The van der Waals surface area contributed by atoms with Crippen molar-refractivity contribution in [2.45, 2.75) is 39.5 Å². The van der Waals surface area contributed by atoms with Gasteiger partial charge in [0.05, 0.1) is 13.2 Å². The molecule has 0 atom stereocenters. The second-order valence-corrected chi connectivity index (χ2v) is 6.71. The summed E-state index contributed by atoms with van der Waals surface area (Å²) in [6.07, 6.45) is 4.77. The largest absolute Gasteiger partial charge is 0.494 e. The number of nitrogens with one attached hydrogen (secondary N) is 2. The summed E-state index contributed by atoms with van der Waals surface area (Å²) in [6, 6.07) is 13.1. The number of rotatable bonds is 10. The van der Waals surface area contributed by atoms with E-state index < -0.39 is 0 Å². The Hall–Kier alpha value is -2.20. The third kappa shape index (κ3) is 6.96. The van der Waals surface area contributed by atoms with Gasteiger partial charge in [0.25, 0.3) is 0 Å². The van der Waals surface area contributed by atoms with Gasteiger partial charge in [0, 0.05) is 16.4 Å². The molecule has 5 heteroatoms. The number of unbranched alkanes of at least 4 members (excludes halogenated alkanes) is 3. The van der Waals surface area contributed by atoms with Gasteiger partial charge in [-0.15, -0.1) is 0 Å². The smallest absolute Gasteiger partial charge is 0.243 e. The molecule has 2 aromatic carbocycles. The van der Waals surface area contributed by atoms with Crippen LogP contribution in [0.5, 0.6) is 5.75 Å². The molecule has 0 bridgehead atoms. The molecule has 0 spiro atoms. The molecule has 4 nitrogen and oxygen atoms in total. The minimum Gasteiger partial charge on any atom is -0.494 e. The van der Waals surface area contributed by atoms with Crippen molar-refractivity contribution in [1.29, 1.82) is 0 Å². The fraction of sp³-hybridized carbons (Fsp3) is 0.381. The molecule has 0 aromatic heterocycles. The average molecular weight is 375 g/mol. The summed E-state index contributed by atoms with van der Waals surface area (Å²) < 4.78 is 5.71. The topological polar surface area (TPSA) is 50.4 Å². The van der Waals surface area contributed by atoms with Crippen LogP contribution in [-0.4, -0.2) is 19.1 Å². The molecule has 0 aliphatic carbocycles. The number of benzene rings is 2. The molecule has 26 heavy (non-hydrogen) atoms. The lowest BCUT2D eigenvalue weighted by Crippen LogP contribution is -2.21. The Labute approximate surface area is 160 Å². The highest BCUT2D eigenvalue weighted by atomic mass is 35.5. The number of anilines is 2. The number of ether oxygens (including phenoxy) is 1. The first-order valence-corrected chi connectivity index (χ1v) is 9.49. The van der Waals surface area contributed by atoms with E-state index in [-0.39, 0.29) is 12.5 Å². The molecule has 0 radical (unpaired) electrons. The van der Waals surface area contributed by atoms with Crippen molar-refractivity contribution in [2.24, 2.45) is 0 Å². The second-order valence-electron chi connectivity index (χ2n) is 6.30. The zero-order valence-corrected chi connectivity index (χ0v) is 16.2. The van der Waals surface area contributed by atoms with E-state index in [0.29, 0.717) is 10.7 Å². The lowest BCUT2D eigenvalue weighted by atomic mass is 10.2. The summed E-state index contributed by atoms with van der Waals surface area (Å²) in [6.45, 7) is 5.05. The van der Waals surface area contributed by atoms with Crippen molar-refractivity contribution in [1.82, 2.24) is 0 Å². The molecule has 0 fully saturated rings. The predicted molar refractivity (Wildman–Crippen MR) is 109 cm³/mol. The fourth-order valence-electron chi connectivity index (χ4n) is 2.45. The van der Waals surface area contributed by atoms with Crippen LogP contribution < -0.4 is 15.4 Å². The van der Waals surface area contributed by atoms with Gasteiger partial charge in [0.1, 0.15) is 5.75 Å². The van der Waals surface area contributed by atoms with Crippen molar-refractivity contribution in [3.05, 3.63) is 53.1 Å². The van der Waals surface area contributed by atoms with Crippen LogP contribution in [0, 0.1) is 6.92 Å². The number of hydrogen-bond acceptors (Lipinski definition) is 3. The first kappa shape index (κ1) is 20.1. The van der Waals surface area contributed by atoms with Gasteiger partial charge in [-0.3, -0.25) is 4.79 Å². The summed E-state index contributed by atoms with van der Waals surface area (Å²) in [4.78, 5) is 12.0. The van der Waals surface area contributed by atoms with E-state index in [4.69, 9.17) is 16.3 Å². The molecular weight excluding hydrogens is 348 g/mol. The summed E-state index contributed by atoms with van der Waals surface area (Å²) in [7, 11) is 0. The summed E-state index contributed by atoms with van der Waals surface area (Å²) in [5.74, 6) is 0.729. The average Bonchev–Trinajstić information content (AvgIpc) is 2.64. The molecule has 0 aliphatic rings. The van der Waals surface area contributed by atoms with Gasteiger partial charge >= 0.3 is 0 Å². The highest BCUT2D eigenvalue weighted by Gasteiger charge is 2.04. The Morgan fingerprint density at radius 2 is 1.77 bits per heavy atom. The van der Waals surface area contributed by atoms with E-state index in [1.807, 2.05) is 43.3 Å². The molecule has 140 valence electrons. The third-order valence-corrected chi connectivity index (χ3v) is 4.44. The van der Waals surface area contributed by atoms with Crippen LogP contribution in [0.25, 0.3) is 0 Å². The van der Waals surface area contributed by atoms with Crippen LogP contribution in [0.15, 0.2) is 42.5 Å². The van der Waals surface area contributed by atoms with Crippen molar-refractivity contribution in [3.63, 3.8) is 0 Å². The minimum absolute atomic E-state index is 0.124. The first-order chi connectivity index (χ1) is 12.6. The van der Waals surface area contributed by atoms with Crippen LogP contribution in [0.1, 0.15) is 38.2 Å². The molecule has 0 saturated heterocycles. The summed E-state index contributed by atoms with van der Waals surface area (Å²) >= 11 is 6.07. The molecule has 0 aliphatic heterocycles. The SMILES string of the molecule is CCCCCCOc1ccc(NCC(=O)Nc2ccc(C)c(Cl)c2)cc1. The lowest BCUT2D eigenvalue weighted by molar-refractivity contribution is -0.114. The molecule has 0 saturated carbocycles. The lowest BCUT2D eigenvalue weighted by Gasteiger charge is -2.10. The molecular formula is C21H27ClN2O2. The number of carbonyl (C=O) groups is 1. The summed E-state index contributed by atoms with van der Waals surface area (Å²) in [5.41, 5.74) is 2.55. The van der Waals surface area contributed by atoms with E-state index in [0.717, 1.165) is 30.0 Å². The van der Waals surface area contributed by atoms with Crippen LogP contribution in [0.2, 0.25) is 5.02 Å². The zero-order valence-electron chi connectivity index (χ0n) is 15.5. The number of carbonyl (C=O) groups excluding carboxylic acids is 1. The van der Waals surface area contributed by atoms with Crippen molar-refractivity contribution in [2.75, 3.05) is 23.8 Å². The van der Waals surface area contributed by atoms with Gasteiger partial charge in [-0.1, -0.05) is 43.9 Å². The van der Waals surface area contributed by atoms with Crippen LogP contribution in [0.4, 0.5) is 11.4 Å². The fourth-order valence-corrected chi connectivity index (χ4v) is 2.63. The Kier molecular flexibility index (Phi) is 8.29. The Bertz CT molecular complexity index is 702. The summed E-state index contributed by atoms with van der Waals surface area (Å²) in [5, 5.41) is 6.57. The first-order valence-electron chi connectivity index (χ1n) is 9.11. The molecule has 1 amide bonds. The maximum Gasteiger partial charge on any atom is 0.243 e. The van der Waals surface area contributed by atoms with Gasteiger partial charge in [-0.05, 0) is 55.3 Å². The van der Waals surface area contributed by atoms with Crippen LogP contribution >= 0.6 is 11.6 Å². The monoisotopic (exact) mass is 374 g/mol. The third-order valence-electron chi connectivity index (χ3n) is 4.03. The second kappa shape index (κ2) is 10.7. The molecule has 2 N–H and O–H groups in total. The molecule has 0 unspecified atom stereocenters. The number of aryl methyl sites for hydroxylation is 1. The van der Waals surface area contributed by atoms with Crippen molar-refractivity contribution in [3.8, 4) is 5.75 Å². The molecule has 2 aromatic rings. The van der Waals surface area contributed by atoms with Gasteiger partial charge < -0.3 is 15.4 Å². The molecule has 2 rings (SSSR count). The number of hydrogen-bond donors (Lipinski definition) is 2. The van der Waals surface area contributed by atoms with Gasteiger partial charge in [0.2, 0.25) is 5.91 Å². The van der Waals surface area contributed by atoms with E-state index in [1.54, 1.807) is 6.07 Å². The quantitative estimate of drug-likeness (QED) is 0.527. The molecule has 0 heterocycles. The van der Waals surface area contributed by atoms with E-state index in [1.165, 1.54) is 19.3 Å². The standard InChI is InChI=1S/C21H27ClN2O2/c1-3-4-5-6-13-26-19-11-9-17(10-12-19)23-15-21(25)24-18-8-7-16(2)20(22)14-18/h7-12,14,23H,3-6,13,15H2,1-2H3,(H,24,25). The van der Waals surface area contributed by atoms with Gasteiger partial charge in [0.15, 0.2) is 0 Å². The van der Waals surface area contributed by atoms with Crippen LogP contribution in [0.3, 0.4) is 0 Å². The van der Waals surface area contributed by atoms with Crippen molar-refractivity contribution < 1.29 is 9.53 Å². The Morgan fingerprint density at radius 1 is 1.04 bits per heavy atom. The number of amides is 1. The van der Waals surface area contributed by atoms with Crippen LogP contribution in [-0.2, 0) is 4.79 Å². The maximum absolute atomic E-state index is 12.0. The van der Waals surface area contributed by atoms with E-state index in [9.17, 15) is 4.79 Å². The highest BCUT2D eigenvalue weighted by Crippen LogP contribution is 2.20. The maximum atomic E-state index is 12.0. The number of halogens is 1. The van der Waals surface area contributed by atoms with Crippen molar-refractivity contribution >= 4 is 28.9 Å². The Balaban J connectivity index is 1.73. The highest BCUT2D eigenvalue weighted by molar-refractivity contribution is 6.31. The normalized spacial score (nSPS) is 10.4.